The van der Waals surface area contributed by atoms with E-state index in [2.05, 4.69) is 15.5 Å². The molecule has 9 nitrogen and oxygen atoms in total. The maximum absolute atomic E-state index is 13.1. The van der Waals surface area contributed by atoms with Gasteiger partial charge in [-0.3, -0.25) is 0 Å². The van der Waals surface area contributed by atoms with E-state index >= 15 is 0 Å². The van der Waals surface area contributed by atoms with Gasteiger partial charge in [0.25, 0.3) is 0 Å². The lowest BCUT2D eigenvalue weighted by molar-refractivity contribution is 0.415. The summed E-state index contributed by atoms with van der Waals surface area (Å²) in [6.07, 6.45) is 1.78. The number of anilines is 2. The summed E-state index contributed by atoms with van der Waals surface area (Å²) in [5, 5.41) is 18.7. The summed E-state index contributed by atoms with van der Waals surface area (Å²) in [6, 6.07) is 22.2. The molecule has 182 valence electrons. The van der Waals surface area contributed by atoms with E-state index in [0.29, 0.717) is 36.1 Å². The second-order valence-corrected chi connectivity index (χ2v) is 10.6. The zero-order valence-electron chi connectivity index (χ0n) is 19.6. The SMILES string of the molecule is COc1ccc(-c2nnc3c4ccccc4c(Nc4cccc(S(=O)(=O)N5CCCC5)c4)nn23)cc1. The molecule has 5 aromatic rings. The first-order valence-electron chi connectivity index (χ1n) is 11.7. The van der Waals surface area contributed by atoms with E-state index in [-0.39, 0.29) is 4.90 Å². The summed E-state index contributed by atoms with van der Waals surface area (Å²) in [4.78, 5) is 0.267. The van der Waals surface area contributed by atoms with Crippen LogP contribution in [-0.4, -0.2) is 52.7 Å². The molecule has 1 fully saturated rings. The highest BCUT2D eigenvalue weighted by Crippen LogP contribution is 2.31. The van der Waals surface area contributed by atoms with Gasteiger partial charge in [-0.25, -0.2) is 8.42 Å². The van der Waals surface area contributed by atoms with Gasteiger partial charge in [-0.1, -0.05) is 30.3 Å². The molecule has 6 rings (SSSR count). The lowest BCUT2D eigenvalue weighted by Crippen LogP contribution is -2.27. The average Bonchev–Trinajstić information content (AvgIpc) is 3.60. The Morgan fingerprint density at radius 2 is 1.64 bits per heavy atom. The van der Waals surface area contributed by atoms with Crippen LogP contribution in [0.3, 0.4) is 0 Å². The summed E-state index contributed by atoms with van der Waals surface area (Å²) in [5.41, 5.74) is 2.11. The molecule has 1 aliphatic heterocycles. The molecule has 1 aliphatic rings. The molecule has 1 saturated heterocycles. The fraction of sp³-hybridized carbons (Fsp3) is 0.192. The van der Waals surface area contributed by atoms with Crippen LogP contribution >= 0.6 is 0 Å². The second-order valence-electron chi connectivity index (χ2n) is 8.65. The lowest BCUT2D eigenvalue weighted by Gasteiger charge is -2.16. The number of fused-ring (bicyclic) bond motifs is 3. The van der Waals surface area contributed by atoms with Gasteiger partial charge in [0.15, 0.2) is 17.3 Å². The highest BCUT2D eigenvalue weighted by atomic mass is 32.2. The Labute approximate surface area is 208 Å². The number of sulfonamides is 1. The average molecular weight is 501 g/mol. The first-order chi connectivity index (χ1) is 17.5. The van der Waals surface area contributed by atoms with Gasteiger partial charge >= 0.3 is 0 Å². The third kappa shape index (κ3) is 3.84. The summed E-state index contributed by atoms with van der Waals surface area (Å²) in [7, 11) is -1.91. The van der Waals surface area contributed by atoms with Crippen molar-refractivity contribution in [1.82, 2.24) is 24.1 Å². The maximum Gasteiger partial charge on any atom is 0.243 e. The van der Waals surface area contributed by atoms with E-state index in [9.17, 15) is 8.42 Å². The van der Waals surface area contributed by atoms with E-state index < -0.39 is 10.0 Å². The highest BCUT2D eigenvalue weighted by molar-refractivity contribution is 7.89. The summed E-state index contributed by atoms with van der Waals surface area (Å²) in [6.45, 7) is 1.12. The number of ether oxygens (including phenoxy) is 1. The highest BCUT2D eigenvalue weighted by Gasteiger charge is 2.27. The minimum atomic E-state index is -3.53. The largest absolute Gasteiger partial charge is 0.497 e. The standard InChI is InChI=1S/C26H24N6O3S/c1-35-20-13-11-18(12-14-20)25-28-29-26-23-10-3-2-9-22(23)24(30-32(25)26)27-19-7-6-8-21(17-19)36(33,34)31-15-4-5-16-31/h2-3,6-14,17H,4-5,15-16H2,1H3,(H,27,30). The van der Waals surface area contributed by atoms with Gasteiger partial charge in [-0.15, -0.1) is 15.3 Å². The van der Waals surface area contributed by atoms with Gasteiger partial charge in [0, 0.05) is 35.1 Å². The molecule has 0 radical (unpaired) electrons. The Balaban J connectivity index is 1.44. The molecular formula is C26H24N6O3S. The number of rotatable bonds is 6. The van der Waals surface area contributed by atoms with Gasteiger partial charge < -0.3 is 10.1 Å². The maximum atomic E-state index is 13.1. The Kier molecular flexibility index (Phi) is 5.54. The molecule has 2 aromatic heterocycles. The molecule has 0 amide bonds. The monoisotopic (exact) mass is 500 g/mol. The Hall–Kier alpha value is -4.02. The van der Waals surface area contributed by atoms with Crippen LogP contribution in [0.4, 0.5) is 11.5 Å². The zero-order chi connectivity index (χ0) is 24.7. The molecule has 10 heteroatoms. The molecular weight excluding hydrogens is 476 g/mol. The first-order valence-corrected chi connectivity index (χ1v) is 13.1. The van der Waals surface area contributed by atoms with Crippen molar-refractivity contribution in [3.63, 3.8) is 0 Å². The van der Waals surface area contributed by atoms with Crippen molar-refractivity contribution < 1.29 is 13.2 Å². The van der Waals surface area contributed by atoms with Crippen LogP contribution in [0.2, 0.25) is 0 Å². The van der Waals surface area contributed by atoms with Crippen LogP contribution in [-0.2, 0) is 10.0 Å². The zero-order valence-corrected chi connectivity index (χ0v) is 20.4. The van der Waals surface area contributed by atoms with Crippen LogP contribution in [0.5, 0.6) is 5.75 Å². The van der Waals surface area contributed by atoms with Crippen LogP contribution in [0.15, 0.2) is 77.7 Å². The van der Waals surface area contributed by atoms with Gasteiger partial charge in [0.1, 0.15) is 5.75 Å². The van der Waals surface area contributed by atoms with Crippen LogP contribution in [0.1, 0.15) is 12.8 Å². The van der Waals surface area contributed by atoms with Crippen LogP contribution in [0.25, 0.3) is 27.8 Å². The molecule has 0 bridgehead atoms. The molecule has 0 aliphatic carbocycles. The van der Waals surface area contributed by atoms with Crippen molar-refractivity contribution in [3.05, 3.63) is 72.8 Å². The van der Waals surface area contributed by atoms with Gasteiger partial charge in [-0.2, -0.15) is 8.82 Å². The summed E-state index contributed by atoms with van der Waals surface area (Å²) < 4.78 is 34.7. The van der Waals surface area contributed by atoms with Crippen LogP contribution < -0.4 is 10.1 Å². The van der Waals surface area contributed by atoms with Crippen molar-refractivity contribution in [2.75, 3.05) is 25.5 Å². The predicted molar refractivity (Wildman–Crippen MR) is 138 cm³/mol. The first kappa shape index (κ1) is 22.4. The van der Waals surface area contributed by atoms with Gasteiger partial charge in [0.2, 0.25) is 10.0 Å². The van der Waals surface area contributed by atoms with Gasteiger partial charge in [0.05, 0.1) is 12.0 Å². The lowest BCUT2D eigenvalue weighted by atomic mass is 10.1. The molecule has 1 N–H and O–H groups in total. The number of methoxy groups -OCH3 is 1. The van der Waals surface area contributed by atoms with E-state index in [1.54, 1.807) is 34.1 Å². The fourth-order valence-electron chi connectivity index (χ4n) is 4.54. The Morgan fingerprint density at radius 1 is 0.889 bits per heavy atom. The van der Waals surface area contributed by atoms with Crippen molar-refractivity contribution in [2.24, 2.45) is 0 Å². The minimum absolute atomic E-state index is 0.267. The van der Waals surface area contributed by atoms with Gasteiger partial charge in [-0.05, 0) is 55.3 Å². The molecule has 0 saturated carbocycles. The smallest absolute Gasteiger partial charge is 0.243 e. The molecule has 3 aromatic carbocycles. The summed E-state index contributed by atoms with van der Waals surface area (Å²) in [5.74, 6) is 1.91. The predicted octanol–water partition coefficient (Wildman–Crippen LogP) is 4.48. The molecule has 36 heavy (non-hydrogen) atoms. The Morgan fingerprint density at radius 3 is 2.39 bits per heavy atom. The van der Waals surface area contributed by atoms with E-state index in [0.717, 1.165) is 34.9 Å². The van der Waals surface area contributed by atoms with E-state index in [1.165, 1.54) is 0 Å². The number of hydrogen-bond donors (Lipinski definition) is 1. The molecule has 0 spiro atoms. The topological polar surface area (TPSA) is 102 Å². The van der Waals surface area contributed by atoms with Crippen molar-refractivity contribution in [2.45, 2.75) is 17.7 Å². The second kappa shape index (κ2) is 8.89. The van der Waals surface area contributed by atoms with Crippen molar-refractivity contribution in [3.8, 4) is 17.1 Å². The van der Waals surface area contributed by atoms with Crippen molar-refractivity contribution >= 4 is 37.9 Å². The van der Waals surface area contributed by atoms with E-state index in [1.807, 2.05) is 54.6 Å². The molecule has 0 unspecified atom stereocenters. The molecule has 3 heterocycles. The van der Waals surface area contributed by atoms with Crippen molar-refractivity contribution in [1.29, 1.82) is 0 Å². The normalized spacial score (nSPS) is 14.5. The third-order valence-electron chi connectivity index (χ3n) is 6.41. The number of aromatic nitrogens is 4. The number of hydrogen-bond acceptors (Lipinski definition) is 7. The Bertz CT molecular complexity index is 1680. The number of benzene rings is 3. The third-order valence-corrected chi connectivity index (χ3v) is 8.31. The molecule has 0 atom stereocenters. The van der Waals surface area contributed by atoms with Crippen LogP contribution in [0, 0.1) is 0 Å². The van der Waals surface area contributed by atoms with E-state index in [4.69, 9.17) is 9.84 Å². The number of nitrogens with one attached hydrogen (secondary N) is 1. The number of nitrogens with zero attached hydrogens (tertiary/aromatic N) is 5. The quantitative estimate of drug-likeness (QED) is 0.367. The summed E-state index contributed by atoms with van der Waals surface area (Å²) >= 11 is 0. The fourth-order valence-corrected chi connectivity index (χ4v) is 6.11. The minimum Gasteiger partial charge on any atom is -0.497 e.